The number of fused-ring (bicyclic) bond motifs is 1. The molecule has 1 atom stereocenters. The monoisotopic (exact) mass is 321 g/mol. The molecule has 5 heteroatoms. The van der Waals surface area contributed by atoms with Crippen molar-refractivity contribution in [2.24, 2.45) is 0 Å². The van der Waals surface area contributed by atoms with Gasteiger partial charge in [0.05, 0.1) is 12.3 Å². The lowest BCUT2D eigenvalue weighted by Crippen LogP contribution is -2.18. The summed E-state index contributed by atoms with van der Waals surface area (Å²) in [6, 6.07) is 8.28. The van der Waals surface area contributed by atoms with Crippen LogP contribution in [0.5, 0.6) is 5.75 Å². The molecule has 1 aromatic heterocycles. The van der Waals surface area contributed by atoms with Gasteiger partial charge in [-0.05, 0) is 18.1 Å². The molecule has 0 N–H and O–H groups in total. The molecule has 0 radical (unpaired) electrons. The number of hydrogen-bond acceptors (Lipinski definition) is 3. The molecular weight excluding hydrogens is 306 g/mol. The standard InChI is InChI=1S/C14H16BrN3O/c15-7-5-12-10-18(17-16-12)9-11-6-8-19-14-4-2-1-3-13(11)14/h1-4,10-11H,5-9H2. The molecule has 0 aliphatic carbocycles. The lowest BCUT2D eigenvalue weighted by molar-refractivity contribution is 0.256. The van der Waals surface area contributed by atoms with E-state index in [2.05, 4.69) is 38.4 Å². The van der Waals surface area contributed by atoms with E-state index >= 15 is 0 Å². The average molecular weight is 322 g/mol. The number of nitrogens with zero attached hydrogens (tertiary/aromatic N) is 3. The Morgan fingerprint density at radius 2 is 2.26 bits per heavy atom. The van der Waals surface area contributed by atoms with Crippen molar-refractivity contribution in [3.05, 3.63) is 41.7 Å². The van der Waals surface area contributed by atoms with Gasteiger partial charge in [0.25, 0.3) is 0 Å². The Kier molecular flexibility index (Phi) is 3.82. The number of rotatable bonds is 4. The summed E-state index contributed by atoms with van der Waals surface area (Å²) in [5.74, 6) is 1.48. The third-order valence-electron chi connectivity index (χ3n) is 3.43. The fraction of sp³-hybridized carbons (Fsp3) is 0.429. The van der Waals surface area contributed by atoms with E-state index in [4.69, 9.17) is 4.74 Å². The normalized spacial score (nSPS) is 17.8. The van der Waals surface area contributed by atoms with Crippen molar-refractivity contribution in [3.8, 4) is 5.75 Å². The van der Waals surface area contributed by atoms with E-state index in [1.54, 1.807) is 0 Å². The lowest BCUT2D eigenvalue weighted by Gasteiger charge is -2.25. The van der Waals surface area contributed by atoms with E-state index in [0.717, 1.165) is 42.8 Å². The Labute approximate surface area is 120 Å². The molecule has 0 fully saturated rings. The second kappa shape index (κ2) is 5.74. The van der Waals surface area contributed by atoms with Gasteiger partial charge in [0.15, 0.2) is 0 Å². The lowest BCUT2D eigenvalue weighted by atomic mass is 9.93. The van der Waals surface area contributed by atoms with E-state index in [1.165, 1.54) is 5.56 Å². The van der Waals surface area contributed by atoms with Crippen LogP contribution in [0.15, 0.2) is 30.5 Å². The highest BCUT2D eigenvalue weighted by atomic mass is 79.9. The summed E-state index contributed by atoms with van der Waals surface area (Å²) in [6.45, 7) is 1.65. The van der Waals surface area contributed by atoms with Crippen LogP contribution >= 0.6 is 15.9 Å². The zero-order chi connectivity index (χ0) is 13.1. The maximum absolute atomic E-state index is 5.68. The number of alkyl halides is 1. The second-order valence-corrected chi connectivity index (χ2v) is 5.54. The average Bonchev–Trinajstić information content (AvgIpc) is 2.87. The zero-order valence-electron chi connectivity index (χ0n) is 10.6. The highest BCUT2D eigenvalue weighted by Gasteiger charge is 2.21. The minimum Gasteiger partial charge on any atom is -0.493 e. The third-order valence-corrected chi connectivity index (χ3v) is 3.82. The number of benzene rings is 1. The number of hydrogen-bond donors (Lipinski definition) is 0. The summed E-state index contributed by atoms with van der Waals surface area (Å²) in [7, 11) is 0. The van der Waals surface area contributed by atoms with Crippen LogP contribution in [0.3, 0.4) is 0 Å². The van der Waals surface area contributed by atoms with Crippen molar-refractivity contribution < 1.29 is 4.74 Å². The van der Waals surface area contributed by atoms with Crippen LogP contribution in [0.2, 0.25) is 0 Å². The van der Waals surface area contributed by atoms with Crippen molar-refractivity contribution in [1.29, 1.82) is 0 Å². The van der Waals surface area contributed by atoms with Gasteiger partial charge in [-0.15, -0.1) is 5.10 Å². The maximum atomic E-state index is 5.68. The maximum Gasteiger partial charge on any atom is 0.122 e. The number of para-hydroxylation sites is 1. The fourth-order valence-electron chi connectivity index (χ4n) is 2.47. The Morgan fingerprint density at radius 3 is 3.16 bits per heavy atom. The Morgan fingerprint density at radius 1 is 1.37 bits per heavy atom. The first-order chi connectivity index (χ1) is 9.36. The van der Waals surface area contributed by atoms with E-state index in [1.807, 2.05) is 23.0 Å². The molecule has 0 bridgehead atoms. The van der Waals surface area contributed by atoms with Gasteiger partial charge < -0.3 is 4.74 Å². The first-order valence-electron chi connectivity index (χ1n) is 6.53. The summed E-state index contributed by atoms with van der Waals surface area (Å²) in [6.07, 6.45) is 3.99. The molecule has 0 amide bonds. The molecule has 100 valence electrons. The molecule has 4 nitrogen and oxygen atoms in total. The predicted molar refractivity (Wildman–Crippen MR) is 76.8 cm³/mol. The number of aryl methyl sites for hydroxylation is 1. The van der Waals surface area contributed by atoms with Gasteiger partial charge in [-0.3, -0.25) is 4.68 Å². The summed E-state index contributed by atoms with van der Waals surface area (Å²) in [5, 5.41) is 9.31. The third kappa shape index (κ3) is 2.81. The minimum atomic E-state index is 0.462. The van der Waals surface area contributed by atoms with Crippen molar-refractivity contribution in [3.63, 3.8) is 0 Å². The van der Waals surface area contributed by atoms with Gasteiger partial charge in [0, 0.05) is 30.4 Å². The molecule has 3 rings (SSSR count). The van der Waals surface area contributed by atoms with Gasteiger partial charge >= 0.3 is 0 Å². The highest BCUT2D eigenvalue weighted by molar-refractivity contribution is 9.09. The van der Waals surface area contributed by atoms with Crippen LogP contribution in [0.25, 0.3) is 0 Å². The fourth-order valence-corrected chi connectivity index (χ4v) is 2.88. The van der Waals surface area contributed by atoms with Gasteiger partial charge in [0.1, 0.15) is 5.75 Å². The number of halogens is 1. The van der Waals surface area contributed by atoms with Gasteiger partial charge in [0.2, 0.25) is 0 Å². The smallest absolute Gasteiger partial charge is 0.122 e. The van der Waals surface area contributed by atoms with Gasteiger partial charge in [-0.2, -0.15) is 0 Å². The van der Waals surface area contributed by atoms with Crippen LogP contribution in [-0.2, 0) is 13.0 Å². The van der Waals surface area contributed by atoms with Crippen LogP contribution in [-0.4, -0.2) is 26.9 Å². The van der Waals surface area contributed by atoms with E-state index in [-0.39, 0.29) is 0 Å². The SMILES string of the molecule is BrCCc1cn(CC2CCOc3ccccc32)nn1. The Bertz CT molecular complexity index is 555. The van der Waals surface area contributed by atoms with E-state index in [9.17, 15) is 0 Å². The van der Waals surface area contributed by atoms with Crippen LogP contribution < -0.4 is 4.74 Å². The topological polar surface area (TPSA) is 39.9 Å². The second-order valence-electron chi connectivity index (χ2n) is 4.74. The summed E-state index contributed by atoms with van der Waals surface area (Å²) in [4.78, 5) is 0. The number of aromatic nitrogens is 3. The molecule has 1 aromatic carbocycles. The molecule has 2 aromatic rings. The molecule has 2 heterocycles. The Hall–Kier alpha value is -1.36. The molecule has 0 spiro atoms. The molecular formula is C14H16BrN3O. The summed E-state index contributed by atoms with van der Waals surface area (Å²) < 4.78 is 7.63. The van der Waals surface area contributed by atoms with Gasteiger partial charge in [-0.1, -0.05) is 39.3 Å². The van der Waals surface area contributed by atoms with Gasteiger partial charge in [-0.25, -0.2) is 0 Å². The summed E-state index contributed by atoms with van der Waals surface area (Å²) >= 11 is 3.42. The first-order valence-corrected chi connectivity index (χ1v) is 7.65. The van der Waals surface area contributed by atoms with E-state index in [0.29, 0.717) is 5.92 Å². The highest BCUT2D eigenvalue weighted by Crippen LogP contribution is 2.34. The van der Waals surface area contributed by atoms with Crippen molar-refractivity contribution in [2.45, 2.75) is 25.3 Å². The van der Waals surface area contributed by atoms with Crippen molar-refractivity contribution >= 4 is 15.9 Å². The van der Waals surface area contributed by atoms with E-state index < -0.39 is 0 Å². The summed E-state index contributed by atoms with van der Waals surface area (Å²) in [5.41, 5.74) is 2.32. The molecule has 0 saturated carbocycles. The first kappa shape index (κ1) is 12.7. The molecule has 1 aliphatic rings. The quantitative estimate of drug-likeness (QED) is 0.813. The number of ether oxygens (including phenoxy) is 1. The predicted octanol–water partition coefficient (Wildman–Crippen LogP) is 2.78. The van der Waals surface area contributed by atoms with Crippen LogP contribution in [0, 0.1) is 0 Å². The minimum absolute atomic E-state index is 0.462. The van der Waals surface area contributed by atoms with Crippen molar-refractivity contribution in [2.75, 3.05) is 11.9 Å². The van der Waals surface area contributed by atoms with Crippen molar-refractivity contribution in [1.82, 2.24) is 15.0 Å². The molecule has 1 unspecified atom stereocenters. The molecule has 1 aliphatic heterocycles. The Balaban J connectivity index is 1.76. The largest absolute Gasteiger partial charge is 0.493 e. The zero-order valence-corrected chi connectivity index (χ0v) is 12.2. The van der Waals surface area contributed by atoms with Crippen LogP contribution in [0.4, 0.5) is 0 Å². The molecule has 0 saturated heterocycles. The van der Waals surface area contributed by atoms with Crippen LogP contribution in [0.1, 0.15) is 23.6 Å². The molecule has 19 heavy (non-hydrogen) atoms.